The number of nitrogens with zero attached hydrogens (tertiary/aromatic N) is 1. The van der Waals surface area contributed by atoms with E-state index in [-0.39, 0.29) is 11.8 Å². The van der Waals surface area contributed by atoms with Crippen molar-refractivity contribution in [2.45, 2.75) is 6.04 Å². The third-order valence-electron chi connectivity index (χ3n) is 4.65. The Balaban J connectivity index is 1.87. The van der Waals surface area contributed by atoms with Gasteiger partial charge in [0.25, 0.3) is 0 Å². The maximum absolute atomic E-state index is 10.3. The molecule has 4 heteroatoms. The third-order valence-corrected chi connectivity index (χ3v) is 4.65. The Morgan fingerprint density at radius 1 is 1.08 bits per heavy atom. The molecule has 0 bridgehead atoms. The molecular formula is C22H25N2O2+. The van der Waals surface area contributed by atoms with Gasteiger partial charge in [-0.1, -0.05) is 42.5 Å². The zero-order valence-electron chi connectivity index (χ0n) is 15.4. The Bertz CT molecular complexity index is 919. The highest BCUT2D eigenvalue weighted by atomic mass is 16.5. The first-order valence-corrected chi connectivity index (χ1v) is 8.74. The fraction of sp³-hybridized carbons (Fsp3) is 0.227. The normalized spacial score (nSPS) is 12.8. The maximum Gasteiger partial charge on any atom is 0.133 e. The number of phenolic OH excluding ortho intramolecular Hbond substituents is 1. The molecule has 0 spiro atoms. The summed E-state index contributed by atoms with van der Waals surface area (Å²) in [6, 6.07) is 20.0. The van der Waals surface area contributed by atoms with Gasteiger partial charge in [-0.3, -0.25) is 4.99 Å². The van der Waals surface area contributed by atoms with Crippen molar-refractivity contribution in [1.29, 1.82) is 0 Å². The number of hydrogen-bond donors (Lipinski definition) is 2. The number of phenols is 1. The predicted molar refractivity (Wildman–Crippen MR) is 107 cm³/mol. The summed E-state index contributed by atoms with van der Waals surface area (Å²) in [5.41, 5.74) is 1.95. The highest BCUT2D eigenvalue weighted by Crippen LogP contribution is 2.25. The van der Waals surface area contributed by atoms with Crippen LogP contribution < -0.4 is 9.64 Å². The van der Waals surface area contributed by atoms with E-state index < -0.39 is 0 Å². The van der Waals surface area contributed by atoms with Crippen LogP contribution in [-0.4, -0.2) is 39.1 Å². The number of aromatic hydroxyl groups is 1. The molecule has 3 aromatic carbocycles. The largest absolute Gasteiger partial charge is 0.507 e. The summed E-state index contributed by atoms with van der Waals surface area (Å²) in [6.45, 7) is 0.623. The van der Waals surface area contributed by atoms with E-state index in [0.29, 0.717) is 6.54 Å². The number of fused-ring (bicyclic) bond motifs is 1. The van der Waals surface area contributed by atoms with Gasteiger partial charge in [0.2, 0.25) is 0 Å². The van der Waals surface area contributed by atoms with Gasteiger partial charge >= 0.3 is 0 Å². The molecule has 0 aliphatic heterocycles. The minimum absolute atomic E-state index is 0.207. The molecule has 0 fully saturated rings. The minimum Gasteiger partial charge on any atom is -0.507 e. The van der Waals surface area contributed by atoms with Crippen molar-refractivity contribution in [2.24, 2.45) is 4.99 Å². The molecule has 26 heavy (non-hydrogen) atoms. The Morgan fingerprint density at radius 3 is 2.65 bits per heavy atom. The summed E-state index contributed by atoms with van der Waals surface area (Å²) in [5, 5.41) is 12.4. The molecule has 0 aliphatic rings. The number of aliphatic imine (C=N–C) groups is 1. The van der Waals surface area contributed by atoms with Crippen molar-refractivity contribution < 1.29 is 14.7 Å². The predicted octanol–water partition coefficient (Wildman–Crippen LogP) is 2.86. The number of benzene rings is 3. The first-order valence-electron chi connectivity index (χ1n) is 8.74. The molecule has 0 aromatic heterocycles. The Labute approximate surface area is 154 Å². The quantitative estimate of drug-likeness (QED) is 0.672. The number of hydrogen-bond acceptors (Lipinski definition) is 3. The lowest BCUT2D eigenvalue weighted by atomic mass is 10.0. The Hall–Kier alpha value is -2.85. The van der Waals surface area contributed by atoms with Crippen LogP contribution in [0.5, 0.6) is 11.5 Å². The van der Waals surface area contributed by atoms with Gasteiger partial charge in [-0.2, -0.15) is 0 Å². The first kappa shape index (κ1) is 18.0. The summed E-state index contributed by atoms with van der Waals surface area (Å²) in [5.74, 6) is 1.10. The number of methoxy groups -OCH3 is 1. The van der Waals surface area contributed by atoms with E-state index >= 15 is 0 Å². The topological polar surface area (TPSA) is 46.3 Å². The number of quaternary nitrogens is 1. The van der Waals surface area contributed by atoms with Crippen molar-refractivity contribution in [3.63, 3.8) is 0 Å². The fourth-order valence-electron chi connectivity index (χ4n) is 3.15. The van der Waals surface area contributed by atoms with Crippen molar-refractivity contribution in [3.05, 3.63) is 71.8 Å². The minimum atomic E-state index is 0.207. The first-order chi connectivity index (χ1) is 12.6. The number of ether oxygens (including phenoxy) is 1. The second kappa shape index (κ2) is 8.02. The summed E-state index contributed by atoms with van der Waals surface area (Å²) < 4.78 is 5.34. The van der Waals surface area contributed by atoms with Crippen LogP contribution in [0.1, 0.15) is 17.2 Å². The van der Waals surface area contributed by atoms with Gasteiger partial charge in [0, 0.05) is 17.3 Å². The summed E-state index contributed by atoms with van der Waals surface area (Å²) in [7, 11) is 5.92. The van der Waals surface area contributed by atoms with Gasteiger partial charge in [-0.05, 0) is 29.0 Å². The second-order valence-electron chi connectivity index (χ2n) is 6.62. The monoisotopic (exact) mass is 349 g/mol. The standard InChI is InChI=1S/C22H24N2O2/c1-24(2)21(17-8-6-9-18(13-17)26-3)15-23-14-20-19-10-5-4-7-16(19)11-12-22(20)25/h4-14,21,25H,15H2,1-3H3/p+1/t21-/m1/s1. The maximum atomic E-state index is 10.3. The van der Waals surface area contributed by atoms with Gasteiger partial charge < -0.3 is 14.7 Å². The van der Waals surface area contributed by atoms with Gasteiger partial charge in [0.1, 0.15) is 17.5 Å². The van der Waals surface area contributed by atoms with Crippen molar-refractivity contribution in [1.82, 2.24) is 0 Å². The van der Waals surface area contributed by atoms with Crippen LogP contribution in [0.15, 0.2) is 65.7 Å². The van der Waals surface area contributed by atoms with E-state index in [4.69, 9.17) is 4.74 Å². The molecule has 4 nitrogen and oxygen atoms in total. The van der Waals surface area contributed by atoms with Crippen LogP contribution in [-0.2, 0) is 0 Å². The Kier molecular flexibility index (Phi) is 5.54. The van der Waals surface area contributed by atoms with Gasteiger partial charge in [-0.15, -0.1) is 0 Å². The average Bonchev–Trinajstić information content (AvgIpc) is 2.66. The summed E-state index contributed by atoms with van der Waals surface area (Å²) in [4.78, 5) is 5.95. The molecule has 3 aromatic rings. The molecule has 134 valence electrons. The third kappa shape index (κ3) is 3.86. The van der Waals surface area contributed by atoms with E-state index in [1.807, 2.05) is 42.5 Å². The molecule has 1 atom stereocenters. The molecule has 0 amide bonds. The van der Waals surface area contributed by atoms with E-state index in [9.17, 15) is 5.11 Å². The molecule has 0 saturated heterocycles. The lowest BCUT2D eigenvalue weighted by Gasteiger charge is -2.20. The van der Waals surface area contributed by atoms with Gasteiger partial charge in [0.05, 0.1) is 27.7 Å². The summed E-state index contributed by atoms with van der Waals surface area (Å²) >= 11 is 0. The van der Waals surface area contributed by atoms with E-state index in [1.54, 1.807) is 19.4 Å². The van der Waals surface area contributed by atoms with Crippen LogP contribution in [0.2, 0.25) is 0 Å². The second-order valence-corrected chi connectivity index (χ2v) is 6.62. The molecule has 0 radical (unpaired) electrons. The van der Waals surface area contributed by atoms with Gasteiger partial charge in [-0.25, -0.2) is 0 Å². The van der Waals surface area contributed by atoms with Crippen molar-refractivity contribution >= 4 is 17.0 Å². The van der Waals surface area contributed by atoms with Gasteiger partial charge in [0.15, 0.2) is 0 Å². The molecular weight excluding hydrogens is 324 g/mol. The van der Waals surface area contributed by atoms with Crippen molar-refractivity contribution in [3.8, 4) is 11.5 Å². The van der Waals surface area contributed by atoms with E-state index in [0.717, 1.165) is 22.1 Å². The highest BCUT2D eigenvalue weighted by molar-refractivity contribution is 6.02. The zero-order chi connectivity index (χ0) is 18.5. The van der Waals surface area contributed by atoms with Crippen LogP contribution in [0.25, 0.3) is 10.8 Å². The molecule has 0 unspecified atom stereocenters. The molecule has 0 aliphatic carbocycles. The van der Waals surface area contributed by atoms with E-state index in [2.05, 4.69) is 31.2 Å². The van der Waals surface area contributed by atoms with Crippen molar-refractivity contribution in [2.75, 3.05) is 27.7 Å². The Morgan fingerprint density at radius 2 is 1.88 bits per heavy atom. The lowest BCUT2D eigenvalue weighted by molar-refractivity contribution is -0.890. The smallest absolute Gasteiger partial charge is 0.133 e. The lowest BCUT2D eigenvalue weighted by Crippen LogP contribution is -3.06. The average molecular weight is 349 g/mol. The zero-order valence-corrected chi connectivity index (χ0v) is 15.4. The molecule has 0 saturated carbocycles. The molecule has 2 N–H and O–H groups in total. The highest BCUT2D eigenvalue weighted by Gasteiger charge is 2.17. The van der Waals surface area contributed by atoms with Crippen LogP contribution in [0, 0.1) is 0 Å². The molecule has 0 heterocycles. The van der Waals surface area contributed by atoms with Crippen LogP contribution in [0.3, 0.4) is 0 Å². The molecule has 3 rings (SSSR count). The number of likely N-dealkylation sites (N-methyl/N-ethyl adjacent to an activating group) is 1. The number of rotatable bonds is 6. The van der Waals surface area contributed by atoms with Crippen LogP contribution in [0.4, 0.5) is 0 Å². The van der Waals surface area contributed by atoms with E-state index in [1.165, 1.54) is 10.5 Å². The fourth-order valence-corrected chi connectivity index (χ4v) is 3.15. The number of nitrogens with one attached hydrogen (secondary N) is 1. The van der Waals surface area contributed by atoms with Crippen LogP contribution >= 0.6 is 0 Å². The SMILES string of the molecule is COc1cccc([C@@H](CN=Cc2c(O)ccc3ccccc23)[NH+](C)C)c1. The summed E-state index contributed by atoms with van der Waals surface area (Å²) in [6.07, 6.45) is 1.79.